The van der Waals surface area contributed by atoms with Crippen LogP contribution >= 0.6 is 0 Å². The lowest BCUT2D eigenvalue weighted by molar-refractivity contribution is 0.0963. The third kappa shape index (κ3) is 2.16. The summed E-state index contributed by atoms with van der Waals surface area (Å²) < 4.78 is 0. The number of carbonyl (C=O) groups excluding carboxylic acids is 1. The lowest BCUT2D eigenvalue weighted by Crippen LogP contribution is -2.18. The molecule has 2 heteroatoms. The number of hydrogen-bond donors (Lipinski definition) is 1. The van der Waals surface area contributed by atoms with E-state index < -0.39 is 0 Å². The standard InChI is InChI=1S/C15H17NO/c1-10(2)14-9-12(15(17)16-3)8-11-6-4-5-7-13(11)14/h4-10H,1-3H3,(H,16,17). The van der Waals surface area contributed by atoms with Crippen LogP contribution in [0.2, 0.25) is 0 Å². The van der Waals surface area contributed by atoms with Gasteiger partial charge in [-0.15, -0.1) is 0 Å². The topological polar surface area (TPSA) is 29.1 Å². The van der Waals surface area contributed by atoms with Gasteiger partial charge in [0.1, 0.15) is 0 Å². The van der Waals surface area contributed by atoms with Crippen LogP contribution < -0.4 is 5.32 Å². The van der Waals surface area contributed by atoms with Gasteiger partial charge in [0.05, 0.1) is 0 Å². The second-order valence-corrected chi connectivity index (χ2v) is 4.52. The molecular weight excluding hydrogens is 210 g/mol. The Morgan fingerprint density at radius 2 is 1.88 bits per heavy atom. The molecule has 88 valence electrons. The van der Waals surface area contributed by atoms with E-state index in [2.05, 4.69) is 25.2 Å². The van der Waals surface area contributed by atoms with E-state index in [4.69, 9.17) is 0 Å². The Labute approximate surface area is 102 Å². The minimum Gasteiger partial charge on any atom is -0.355 e. The van der Waals surface area contributed by atoms with Crippen LogP contribution in [0.3, 0.4) is 0 Å². The Kier molecular flexibility index (Phi) is 3.14. The molecule has 0 fully saturated rings. The molecule has 2 aromatic rings. The Morgan fingerprint density at radius 3 is 2.53 bits per heavy atom. The van der Waals surface area contributed by atoms with Crippen LogP contribution in [0.1, 0.15) is 35.7 Å². The first-order valence-corrected chi connectivity index (χ1v) is 5.88. The van der Waals surface area contributed by atoms with E-state index >= 15 is 0 Å². The zero-order chi connectivity index (χ0) is 12.4. The largest absolute Gasteiger partial charge is 0.355 e. The minimum atomic E-state index is -0.0300. The molecule has 0 aliphatic carbocycles. The van der Waals surface area contributed by atoms with Crippen molar-refractivity contribution in [1.82, 2.24) is 5.32 Å². The molecule has 0 aliphatic rings. The molecule has 0 atom stereocenters. The maximum Gasteiger partial charge on any atom is 0.251 e. The predicted octanol–water partition coefficient (Wildman–Crippen LogP) is 3.32. The van der Waals surface area contributed by atoms with E-state index in [-0.39, 0.29) is 5.91 Å². The molecule has 1 amide bonds. The quantitative estimate of drug-likeness (QED) is 0.837. The molecule has 17 heavy (non-hydrogen) atoms. The van der Waals surface area contributed by atoms with Gasteiger partial charge in [-0.25, -0.2) is 0 Å². The molecule has 0 bridgehead atoms. The summed E-state index contributed by atoms with van der Waals surface area (Å²) in [6.45, 7) is 4.30. The molecule has 0 aromatic heterocycles. The first-order valence-electron chi connectivity index (χ1n) is 5.88. The molecule has 0 unspecified atom stereocenters. The summed E-state index contributed by atoms with van der Waals surface area (Å²) in [5.41, 5.74) is 1.96. The highest BCUT2D eigenvalue weighted by atomic mass is 16.1. The van der Waals surface area contributed by atoms with Crippen LogP contribution in [0, 0.1) is 0 Å². The van der Waals surface area contributed by atoms with Crippen LogP contribution in [-0.4, -0.2) is 13.0 Å². The van der Waals surface area contributed by atoms with Gasteiger partial charge in [0, 0.05) is 12.6 Å². The third-order valence-electron chi connectivity index (χ3n) is 3.01. The van der Waals surface area contributed by atoms with Crippen molar-refractivity contribution < 1.29 is 4.79 Å². The van der Waals surface area contributed by atoms with E-state index in [1.54, 1.807) is 7.05 Å². The molecular formula is C15H17NO. The van der Waals surface area contributed by atoms with Crippen molar-refractivity contribution in [3.63, 3.8) is 0 Å². The molecule has 0 spiro atoms. The summed E-state index contributed by atoms with van der Waals surface area (Å²) >= 11 is 0. The molecule has 2 nitrogen and oxygen atoms in total. The lowest BCUT2D eigenvalue weighted by Gasteiger charge is -2.12. The van der Waals surface area contributed by atoms with Crippen LogP contribution in [-0.2, 0) is 0 Å². The van der Waals surface area contributed by atoms with Crippen molar-refractivity contribution in [3.05, 3.63) is 47.5 Å². The monoisotopic (exact) mass is 227 g/mol. The average molecular weight is 227 g/mol. The maximum absolute atomic E-state index is 11.7. The summed E-state index contributed by atoms with van der Waals surface area (Å²) in [6.07, 6.45) is 0. The molecule has 1 N–H and O–H groups in total. The number of hydrogen-bond acceptors (Lipinski definition) is 1. The zero-order valence-electron chi connectivity index (χ0n) is 10.4. The number of rotatable bonds is 2. The Balaban J connectivity index is 2.71. The Morgan fingerprint density at radius 1 is 1.18 bits per heavy atom. The van der Waals surface area contributed by atoms with Gasteiger partial charge >= 0.3 is 0 Å². The fourth-order valence-corrected chi connectivity index (χ4v) is 2.09. The average Bonchev–Trinajstić information content (AvgIpc) is 2.36. The smallest absolute Gasteiger partial charge is 0.251 e. The lowest BCUT2D eigenvalue weighted by atomic mass is 9.93. The van der Waals surface area contributed by atoms with Crippen LogP contribution in [0.4, 0.5) is 0 Å². The highest BCUT2D eigenvalue weighted by Gasteiger charge is 2.10. The van der Waals surface area contributed by atoms with Crippen molar-refractivity contribution in [3.8, 4) is 0 Å². The molecule has 0 heterocycles. The summed E-state index contributed by atoms with van der Waals surface area (Å²) in [7, 11) is 1.66. The van der Waals surface area contributed by atoms with E-state index in [9.17, 15) is 4.79 Å². The summed E-state index contributed by atoms with van der Waals surface area (Å²) in [4.78, 5) is 11.7. The number of amides is 1. The van der Waals surface area contributed by atoms with Gasteiger partial charge in [-0.2, -0.15) is 0 Å². The summed E-state index contributed by atoms with van der Waals surface area (Å²) in [5.74, 6) is 0.377. The highest BCUT2D eigenvalue weighted by Crippen LogP contribution is 2.27. The van der Waals surface area contributed by atoms with Gasteiger partial charge < -0.3 is 5.32 Å². The minimum absolute atomic E-state index is 0.0300. The molecule has 2 aromatic carbocycles. The molecule has 0 aliphatic heterocycles. The predicted molar refractivity (Wildman–Crippen MR) is 71.4 cm³/mol. The maximum atomic E-state index is 11.7. The van der Waals surface area contributed by atoms with Gasteiger partial charge in [-0.1, -0.05) is 38.1 Å². The number of nitrogens with one attached hydrogen (secondary N) is 1. The highest BCUT2D eigenvalue weighted by molar-refractivity contribution is 5.99. The first-order chi connectivity index (χ1) is 8.13. The Hall–Kier alpha value is -1.83. The number of benzene rings is 2. The second kappa shape index (κ2) is 4.58. The normalized spacial score (nSPS) is 10.8. The van der Waals surface area contributed by atoms with Gasteiger partial charge in [0.15, 0.2) is 0 Å². The Bertz CT molecular complexity index is 558. The van der Waals surface area contributed by atoms with Gasteiger partial charge in [0.2, 0.25) is 0 Å². The molecule has 2 rings (SSSR count). The molecule has 0 radical (unpaired) electrons. The van der Waals surface area contributed by atoms with E-state index in [1.165, 1.54) is 10.9 Å². The van der Waals surface area contributed by atoms with E-state index in [0.717, 1.165) is 10.9 Å². The number of carbonyl (C=O) groups is 1. The van der Waals surface area contributed by atoms with Crippen molar-refractivity contribution >= 4 is 16.7 Å². The number of fused-ring (bicyclic) bond motifs is 1. The van der Waals surface area contributed by atoms with Crippen LogP contribution in [0.15, 0.2) is 36.4 Å². The SMILES string of the molecule is CNC(=O)c1cc(C(C)C)c2ccccc2c1. The fraction of sp³-hybridized carbons (Fsp3) is 0.267. The van der Waals surface area contributed by atoms with Crippen molar-refractivity contribution in [1.29, 1.82) is 0 Å². The van der Waals surface area contributed by atoms with Crippen LogP contribution in [0.25, 0.3) is 10.8 Å². The van der Waals surface area contributed by atoms with Gasteiger partial charge in [0.25, 0.3) is 5.91 Å². The summed E-state index contributed by atoms with van der Waals surface area (Å²) in [5, 5.41) is 5.03. The van der Waals surface area contributed by atoms with Crippen molar-refractivity contribution in [2.24, 2.45) is 0 Å². The van der Waals surface area contributed by atoms with Crippen molar-refractivity contribution in [2.45, 2.75) is 19.8 Å². The van der Waals surface area contributed by atoms with E-state index in [1.807, 2.05) is 30.3 Å². The molecule has 0 saturated heterocycles. The second-order valence-electron chi connectivity index (χ2n) is 4.52. The molecule has 0 saturated carbocycles. The van der Waals surface area contributed by atoms with Gasteiger partial charge in [-0.3, -0.25) is 4.79 Å². The third-order valence-corrected chi connectivity index (χ3v) is 3.01. The van der Waals surface area contributed by atoms with Gasteiger partial charge in [-0.05, 0) is 34.4 Å². The van der Waals surface area contributed by atoms with E-state index in [0.29, 0.717) is 5.92 Å². The zero-order valence-corrected chi connectivity index (χ0v) is 10.4. The van der Waals surface area contributed by atoms with Crippen molar-refractivity contribution in [2.75, 3.05) is 7.05 Å². The summed E-state index contributed by atoms with van der Waals surface area (Å²) in [6, 6.07) is 12.1. The first kappa shape index (κ1) is 11.6. The fourth-order valence-electron chi connectivity index (χ4n) is 2.09. The van der Waals surface area contributed by atoms with Crippen LogP contribution in [0.5, 0.6) is 0 Å².